The van der Waals surface area contributed by atoms with Crippen molar-refractivity contribution < 1.29 is 9.53 Å². The Labute approximate surface area is 124 Å². The summed E-state index contributed by atoms with van der Waals surface area (Å²) in [6.07, 6.45) is -0.0829. The van der Waals surface area contributed by atoms with Crippen LogP contribution >= 0.6 is 24.0 Å². The van der Waals surface area contributed by atoms with Crippen LogP contribution in [-0.2, 0) is 4.79 Å². The highest BCUT2D eigenvalue weighted by Gasteiger charge is 2.24. The smallest absolute Gasteiger partial charge is 0.225 e. The number of rotatable bonds is 5. The van der Waals surface area contributed by atoms with Gasteiger partial charge in [0.1, 0.15) is 11.9 Å². The summed E-state index contributed by atoms with van der Waals surface area (Å²) in [6.45, 7) is 3.97. The zero-order chi connectivity index (χ0) is 13.0. The van der Waals surface area contributed by atoms with Crippen molar-refractivity contribution in [2.75, 3.05) is 19.6 Å². The molecule has 0 aliphatic carbocycles. The molecule has 1 fully saturated rings. The Balaban J connectivity index is 0.00000180. The fourth-order valence-corrected chi connectivity index (χ4v) is 1.86. The highest BCUT2D eigenvalue weighted by atomic mass is 35.5. The Bertz CT molecular complexity index is 425. The Morgan fingerprint density at radius 2 is 2.32 bits per heavy atom. The lowest BCUT2D eigenvalue weighted by atomic mass is 10.0. The van der Waals surface area contributed by atoms with E-state index in [9.17, 15) is 4.79 Å². The largest absolute Gasteiger partial charge is 0.489 e. The number of carbonyl (C=O) groups is 1. The number of hydrogen-bond acceptors (Lipinski definition) is 3. The maximum atomic E-state index is 11.6. The predicted octanol–water partition coefficient (Wildman–Crippen LogP) is 1.86. The highest BCUT2D eigenvalue weighted by molar-refractivity contribution is 6.30. The number of amides is 1. The normalized spacial score (nSPS) is 15.9. The molecule has 1 amide bonds. The number of carbonyl (C=O) groups excluding carboxylic acids is 1. The quantitative estimate of drug-likeness (QED) is 0.873. The van der Waals surface area contributed by atoms with Gasteiger partial charge in [0.05, 0.1) is 12.5 Å². The topological polar surface area (TPSA) is 50.4 Å². The second kappa shape index (κ2) is 7.58. The monoisotopic (exact) mass is 304 g/mol. The zero-order valence-electron chi connectivity index (χ0n) is 10.7. The van der Waals surface area contributed by atoms with Gasteiger partial charge in [-0.1, -0.05) is 17.7 Å². The molecule has 0 bridgehead atoms. The van der Waals surface area contributed by atoms with E-state index >= 15 is 0 Å². The summed E-state index contributed by atoms with van der Waals surface area (Å²) in [5, 5.41) is 6.59. The number of ether oxygens (including phenoxy) is 1. The van der Waals surface area contributed by atoms with E-state index in [1.54, 1.807) is 12.1 Å². The van der Waals surface area contributed by atoms with Gasteiger partial charge in [-0.15, -0.1) is 12.4 Å². The molecule has 1 aliphatic rings. The third-order valence-corrected chi connectivity index (χ3v) is 3.08. The number of halogens is 2. The minimum absolute atomic E-state index is 0. The van der Waals surface area contributed by atoms with Crippen LogP contribution < -0.4 is 15.4 Å². The third kappa shape index (κ3) is 4.90. The first-order chi connectivity index (χ1) is 8.65. The van der Waals surface area contributed by atoms with Crippen LogP contribution in [0.2, 0.25) is 5.02 Å². The summed E-state index contributed by atoms with van der Waals surface area (Å²) < 4.78 is 5.66. The van der Waals surface area contributed by atoms with Gasteiger partial charge in [0.15, 0.2) is 0 Å². The van der Waals surface area contributed by atoms with Crippen LogP contribution in [0, 0.1) is 5.92 Å². The van der Waals surface area contributed by atoms with Crippen LogP contribution in [0.25, 0.3) is 0 Å². The van der Waals surface area contributed by atoms with E-state index in [2.05, 4.69) is 10.6 Å². The van der Waals surface area contributed by atoms with Crippen LogP contribution in [-0.4, -0.2) is 31.6 Å². The average Bonchev–Trinajstić information content (AvgIpc) is 2.24. The second-order valence-electron chi connectivity index (χ2n) is 4.49. The first-order valence-corrected chi connectivity index (χ1v) is 6.43. The average molecular weight is 305 g/mol. The molecule has 0 radical (unpaired) electrons. The Kier molecular flexibility index (Phi) is 6.42. The molecule has 1 heterocycles. The van der Waals surface area contributed by atoms with Crippen molar-refractivity contribution in [2.45, 2.75) is 13.0 Å². The van der Waals surface area contributed by atoms with Gasteiger partial charge >= 0.3 is 0 Å². The van der Waals surface area contributed by atoms with E-state index < -0.39 is 0 Å². The van der Waals surface area contributed by atoms with Gasteiger partial charge in [-0.2, -0.15) is 0 Å². The van der Waals surface area contributed by atoms with Crippen molar-refractivity contribution in [3.05, 3.63) is 29.3 Å². The Morgan fingerprint density at radius 3 is 2.89 bits per heavy atom. The van der Waals surface area contributed by atoms with E-state index in [4.69, 9.17) is 16.3 Å². The molecular formula is C13H18Cl2N2O2. The van der Waals surface area contributed by atoms with Crippen molar-refractivity contribution in [1.29, 1.82) is 0 Å². The van der Waals surface area contributed by atoms with Crippen LogP contribution in [0.5, 0.6) is 5.75 Å². The van der Waals surface area contributed by atoms with Gasteiger partial charge in [0.25, 0.3) is 0 Å². The van der Waals surface area contributed by atoms with Gasteiger partial charge < -0.3 is 15.4 Å². The molecule has 1 aliphatic heterocycles. The molecule has 2 rings (SSSR count). The maximum Gasteiger partial charge on any atom is 0.225 e. The lowest BCUT2D eigenvalue weighted by Gasteiger charge is -2.26. The first-order valence-electron chi connectivity index (χ1n) is 6.06. The van der Waals surface area contributed by atoms with E-state index in [0.717, 1.165) is 18.8 Å². The molecule has 0 spiro atoms. The molecular weight excluding hydrogens is 287 g/mol. The molecule has 1 atom stereocenters. The van der Waals surface area contributed by atoms with Gasteiger partial charge in [0.2, 0.25) is 5.91 Å². The maximum absolute atomic E-state index is 11.6. The molecule has 2 N–H and O–H groups in total. The first kappa shape index (κ1) is 16.1. The molecule has 1 unspecified atom stereocenters. The zero-order valence-corrected chi connectivity index (χ0v) is 12.3. The van der Waals surface area contributed by atoms with E-state index in [-0.39, 0.29) is 30.3 Å². The standard InChI is InChI=1S/C13H17ClN2O2.ClH/c1-9(6-16-13(17)10-7-15-8-10)18-12-4-2-3-11(14)5-12;/h2-5,9-10,15H,6-8H2,1H3,(H,16,17);1H. The van der Waals surface area contributed by atoms with Gasteiger partial charge in [-0.3, -0.25) is 4.79 Å². The van der Waals surface area contributed by atoms with Crippen molar-refractivity contribution in [3.8, 4) is 5.75 Å². The minimum atomic E-state index is -0.0829. The van der Waals surface area contributed by atoms with Crippen molar-refractivity contribution in [3.63, 3.8) is 0 Å². The molecule has 0 saturated carbocycles. The molecule has 1 aromatic rings. The summed E-state index contributed by atoms with van der Waals surface area (Å²) >= 11 is 5.87. The lowest BCUT2D eigenvalue weighted by Crippen LogP contribution is -2.51. The molecule has 6 heteroatoms. The molecule has 0 aromatic heterocycles. The van der Waals surface area contributed by atoms with Crippen molar-refractivity contribution in [2.24, 2.45) is 5.92 Å². The van der Waals surface area contributed by atoms with Crippen LogP contribution in [0.15, 0.2) is 24.3 Å². The fourth-order valence-electron chi connectivity index (χ4n) is 1.68. The summed E-state index contributed by atoms with van der Waals surface area (Å²) in [4.78, 5) is 11.6. The van der Waals surface area contributed by atoms with Gasteiger partial charge in [0, 0.05) is 18.1 Å². The van der Waals surface area contributed by atoms with Crippen molar-refractivity contribution in [1.82, 2.24) is 10.6 Å². The summed E-state index contributed by atoms with van der Waals surface area (Å²) in [5.74, 6) is 0.924. The second-order valence-corrected chi connectivity index (χ2v) is 4.92. The number of benzene rings is 1. The van der Waals surface area contributed by atoms with Crippen LogP contribution in [0.4, 0.5) is 0 Å². The highest BCUT2D eigenvalue weighted by Crippen LogP contribution is 2.18. The SMILES string of the molecule is CC(CNC(=O)C1CNC1)Oc1cccc(Cl)c1.Cl. The Hall–Kier alpha value is -0.970. The van der Waals surface area contributed by atoms with Crippen LogP contribution in [0.3, 0.4) is 0 Å². The Morgan fingerprint density at radius 1 is 1.58 bits per heavy atom. The van der Waals surface area contributed by atoms with Crippen LogP contribution in [0.1, 0.15) is 6.92 Å². The molecule has 1 saturated heterocycles. The van der Waals surface area contributed by atoms with E-state index in [1.165, 1.54) is 0 Å². The minimum Gasteiger partial charge on any atom is -0.489 e. The fraction of sp³-hybridized carbons (Fsp3) is 0.462. The predicted molar refractivity (Wildman–Crippen MR) is 78.2 cm³/mol. The molecule has 19 heavy (non-hydrogen) atoms. The molecule has 4 nitrogen and oxygen atoms in total. The third-order valence-electron chi connectivity index (χ3n) is 2.85. The number of hydrogen-bond donors (Lipinski definition) is 2. The van der Waals surface area contributed by atoms with Gasteiger partial charge in [-0.05, 0) is 25.1 Å². The van der Waals surface area contributed by atoms with E-state index in [0.29, 0.717) is 11.6 Å². The molecule has 106 valence electrons. The summed E-state index contributed by atoms with van der Waals surface area (Å²) in [6, 6.07) is 7.24. The number of nitrogens with one attached hydrogen (secondary N) is 2. The van der Waals surface area contributed by atoms with Crippen molar-refractivity contribution >= 4 is 29.9 Å². The van der Waals surface area contributed by atoms with E-state index in [1.807, 2.05) is 19.1 Å². The lowest BCUT2D eigenvalue weighted by molar-refractivity contribution is -0.126. The molecule has 1 aromatic carbocycles. The summed E-state index contributed by atoms with van der Waals surface area (Å²) in [5.41, 5.74) is 0. The summed E-state index contributed by atoms with van der Waals surface area (Å²) in [7, 11) is 0. The van der Waals surface area contributed by atoms with Gasteiger partial charge in [-0.25, -0.2) is 0 Å².